The van der Waals surface area contributed by atoms with Crippen molar-refractivity contribution in [3.05, 3.63) is 11.3 Å². The average Bonchev–Trinajstić information content (AvgIpc) is 2.66. The molecule has 1 fully saturated rings. The molecule has 108 valence electrons. The van der Waals surface area contributed by atoms with Crippen molar-refractivity contribution in [1.29, 1.82) is 0 Å². The number of piperidine rings is 1. The van der Waals surface area contributed by atoms with Gasteiger partial charge in [0.1, 0.15) is 5.82 Å². The third-order valence-corrected chi connectivity index (χ3v) is 3.90. The number of aryl methyl sites for hydroxylation is 2. The lowest BCUT2D eigenvalue weighted by molar-refractivity contribution is 0.0125. The van der Waals surface area contributed by atoms with Crippen molar-refractivity contribution in [2.24, 2.45) is 7.05 Å². The van der Waals surface area contributed by atoms with Gasteiger partial charge in [0.05, 0.1) is 11.8 Å². The number of aromatic nitrogens is 2. The highest BCUT2D eigenvalue weighted by molar-refractivity contribution is 5.46. The van der Waals surface area contributed by atoms with E-state index in [1.54, 1.807) is 0 Å². The van der Waals surface area contributed by atoms with Crippen molar-refractivity contribution in [3.8, 4) is 0 Å². The zero-order valence-electron chi connectivity index (χ0n) is 12.6. The molecule has 1 N–H and O–H groups in total. The van der Waals surface area contributed by atoms with Crippen LogP contribution >= 0.6 is 0 Å². The SMILES string of the molecule is CCOC1CCN(Cc2c(C)nn(C)c2NC)CC1. The summed E-state index contributed by atoms with van der Waals surface area (Å²) in [7, 11) is 3.95. The first-order valence-corrected chi connectivity index (χ1v) is 7.19. The summed E-state index contributed by atoms with van der Waals surface area (Å²) in [6.07, 6.45) is 2.74. The molecule has 0 unspecified atom stereocenters. The molecule has 1 aromatic heterocycles. The van der Waals surface area contributed by atoms with Gasteiger partial charge >= 0.3 is 0 Å². The van der Waals surface area contributed by atoms with Crippen LogP contribution < -0.4 is 5.32 Å². The van der Waals surface area contributed by atoms with Crippen molar-refractivity contribution in [2.45, 2.75) is 39.3 Å². The maximum absolute atomic E-state index is 5.70. The number of hydrogen-bond donors (Lipinski definition) is 1. The highest BCUT2D eigenvalue weighted by atomic mass is 16.5. The molecule has 0 atom stereocenters. The number of rotatable bonds is 5. The normalized spacial score (nSPS) is 17.9. The van der Waals surface area contributed by atoms with Gasteiger partial charge < -0.3 is 10.1 Å². The van der Waals surface area contributed by atoms with E-state index in [0.717, 1.165) is 50.6 Å². The number of nitrogens with one attached hydrogen (secondary N) is 1. The second kappa shape index (κ2) is 6.39. The lowest BCUT2D eigenvalue weighted by Gasteiger charge is -2.31. The van der Waals surface area contributed by atoms with Gasteiger partial charge in [0.2, 0.25) is 0 Å². The van der Waals surface area contributed by atoms with E-state index in [0.29, 0.717) is 6.10 Å². The average molecular weight is 266 g/mol. The van der Waals surface area contributed by atoms with Gasteiger partial charge in [0.15, 0.2) is 0 Å². The Balaban J connectivity index is 1.96. The maximum Gasteiger partial charge on any atom is 0.128 e. The van der Waals surface area contributed by atoms with Crippen LogP contribution in [0.3, 0.4) is 0 Å². The third kappa shape index (κ3) is 3.28. The van der Waals surface area contributed by atoms with E-state index < -0.39 is 0 Å². The molecular weight excluding hydrogens is 240 g/mol. The first-order chi connectivity index (χ1) is 9.15. The molecule has 1 aliphatic rings. The van der Waals surface area contributed by atoms with Crippen LogP contribution in [0.2, 0.25) is 0 Å². The van der Waals surface area contributed by atoms with Gasteiger partial charge in [0, 0.05) is 45.9 Å². The van der Waals surface area contributed by atoms with Crippen LogP contribution in [-0.4, -0.2) is 47.5 Å². The zero-order chi connectivity index (χ0) is 13.8. The molecule has 19 heavy (non-hydrogen) atoms. The van der Waals surface area contributed by atoms with Crippen molar-refractivity contribution in [3.63, 3.8) is 0 Å². The molecule has 0 aliphatic carbocycles. The lowest BCUT2D eigenvalue weighted by Crippen LogP contribution is -2.36. The van der Waals surface area contributed by atoms with E-state index >= 15 is 0 Å². The van der Waals surface area contributed by atoms with Gasteiger partial charge in [-0.3, -0.25) is 9.58 Å². The quantitative estimate of drug-likeness (QED) is 0.882. The highest BCUT2D eigenvalue weighted by Crippen LogP contribution is 2.22. The van der Waals surface area contributed by atoms with Crippen LogP contribution in [0.5, 0.6) is 0 Å². The van der Waals surface area contributed by atoms with Gasteiger partial charge in [-0.1, -0.05) is 0 Å². The minimum atomic E-state index is 0.458. The summed E-state index contributed by atoms with van der Waals surface area (Å²) in [5, 5.41) is 7.75. The Morgan fingerprint density at radius 2 is 2.05 bits per heavy atom. The van der Waals surface area contributed by atoms with Gasteiger partial charge in [-0.2, -0.15) is 5.10 Å². The Hall–Kier alpha value is -1.07. The summed E-state index contributed by atoms with van der Waals surface area (Å²) in [4.78, 5) is 2.50. The Labute approximate surface area is 115 Å². The maximum atomic E-state index is 5.70. The molecule has 2 rings (SSSR count). The zero-order valence-corrected chi connectivity index (χ0v) is 12.6. The van der Waals surface area contributed by atoms with Gasteiger partial charge in [0.25, 0.3) is 0 Å². The molecule has 0 aromatic carbocycles. The summed E-state index contributed by atoms with van der Waals surface area (Å²) in [6, 6.07) is 0. The second-order valence-corrected chi connectivity index (χ2v) is 5.22. The lowest BCUT2D eigenvalue weighted by atomic mass is 10.1. The van der Waals surface area contributed by atoms with Crippen LogP contribution in [0.25, 0.3) is 0 Å². The summed E-state index contributed by atoms with van der Waals surface area (Å²) in [5.74, 6) is 1.13. The number of likely N-dealkylation sites (tertiary alicyclic amines) is 1. The fraction of sp³-hybridized carbons (Fsp3) is 0.786. The summed E-state index contributed by atoms with van der Waals surface area (Å²) in [6.45, 7) is 8.20. The Bertz CT molecular complexity index is 408. The van der Waals surface area contributed by atoms with Crippen molar-refractivity contribution in [1.82, 2.24) is 14.7 Å². The van der Waals surface area contributed by atoms with E-state index in [-0.39, 0.29) is 0 Å². The van der Waals surface area contributed by atoms with E-state index in [2.05, 4.69) is 29.2 Å². The molecule has 0 saturated carbocycles. The summed E-state index contributed by atoms with van der Waals surface area (Å²) < 4.78 is 7.63. The Morgan fingerprint density at radius 1 is 1.37 bits per heavy atom. The van der Waals surface area contributed by atoms with Crippen LogP contribution in [-0.2, 0) is 18.3 Å². The molecule has 1 aliphatic heterocycles. The molecule has 0 bridgehead atoms. The van der Waals surface area contributed by atoms with Crippen molar-refractivity contribution >= 4 is 5.82 Å². The summed E-state index contributed by atoms with van der Waals surface area (Å²) in [5.41, 5.74) is 2.44. The molecule has 2 heterocycles. The number of ether oxygens (including phenoxy) is 1. The molecule has 0 spiro atoms. The smallest absolute Gasteiger partial charge is 0.128 e. The summed E-state index contributed by atoms with van der Waals surface area (Å²) >= 11 is 0. The van der Waals surface area contributed by atoms with Crippen molar-refractivity contribution in [2.75, 3.05) is 32.1 Å². The number of nitrogens with zero attached hydrogens (tertiary/aromatic N) is 3. The molecule has 1 saturated heterocycles. The van der Waals surface area contributed by atoms with Crippen LogP contribution in [0, 0.1) is 6.92 Å². The Morgan fingerprint density at radius 3 is 2.63 bits per heavy atom. The molecular formula is C14H26N4O. The monoisotopic (exact) mass is 266 g/mol. The van der Waals surface area contributed by atoms with E-state index in [4.69, 9.17) is 4.74 Å². The van der Waals surface area contributed by atoms with Crippen LogP contribution in [0.15, 0.2) is 0 Å². The predicted molar refractivity (Wildman–Crippen MR) is 77.4 cm³/mol. The van der Waals surface area contributed by atoms with Crippen LogP contribution in [0.4, 0.5) is 5.82 Å². The predicted octanol–water partition coefficient (Wildman–Crippen LogP) is 1.77. The van der Waals surface area contributed by atoms with Gasteiger partial charge in [-0.15, -0.1) is 0 Å². The standard InChI is InChI=1S/C14H26N4O/c1-5-19-12-6-8-18(9-7-12)10-13-11(2)16-17(4)14(13)15-3/h12,15H,5-10H2,1-4H3. The van der Waals surface area contributed by atoms with Crippen molar-refractivity contribution < 1.29 is 4.74 Å². The number of anilines is 1. The number of hydrogen-bond acceptors (Lipinski definition) is 4. The van der Waals surface area contributed by atoms with E-state index in [1.807, 2.05) is 18.8 Å². The molecule has 5 nitrogen and oxygen atoms in total. The first kappa shape index (κ1) is 14.3. The minimum absolute atomic E-state index is 0.458. The molecule has 0 radical (unpaired) electrons. The first-order valence-electron chi connectivity index (χ1n) is 7.19. The highest BCUT2D eigenvalue weighted by Gasteiger charge is 2.22. The fourth-order valence-electron chi connectivity index (χ4n) is 2.90. The van der Waals surface area contributed by atoms with E-state index in [9.17, 15) is 0 Å². The molecule has 0 amide bonds. The fourth-order valence-corrected chi connectivity index (χ4v) is 2.90. The van der Waals surface area contributed by atoms with Gasteiger partial charge in [-0.25, -0.2) is 0 Å². The Kier molecular flexibility index (Phi) is 4.82. The molecule has 5 heteroatoms. The van der Waals surface area contributed by atoms with Crippen LogP contribution in [0.1, 0.15) is 31.0 Å². The van der Waals surface area contributed by atoms with E-state index in [1.165, 1.54) is 5.56 Å². The third-order valence-electron chi connectivity index (χ3n) is 3.90. The largest absolute Gasteiger partial charge is 0.378 e. The topological polar surface area (TPSA) is 42.3 Å². The minimum Gasteiger partial charge on any atom is -0.378 e. The molecule has 1 aromatic rings. The van der Waals surface area contributed by atoms with Gasteiger partial charge in [-0.05, 0) is 26.7 Å². The second-order valence-electron chi connectivity index (χ2n) is 5.22.